The molecule has 0 aliphatic carbocycles. The molecule has 0 radical (unpaired) electrons. The highest BCUT2D eigenvalue weighted by molar-refractivity contribution is 6.62. The molecule has 6 heteroatoms. The summed E-state index contributed by atoms with van der Waals surface area (Å²) in [6.07, 6.45) is 0. The summed E-state index contributed by atoms with van der Waals surface area (Å²) in [4.78, 5) is 12.0. The molecule has 2 rings (SSSR count). The first-order valence-electron chi connectivity index (χ1n) is 6.46. The van der Waals surface area contributed by atoms with Crippen LogP contribution in [0.15, 0.2) is 42.5 Å². The zero-order valence-corrected chi connectivity index (χ0v) is 12.3. The van der Waals surface area contributed by atoms with E-state index in [4.69, 9.17) is 21.6 Å². The Morgan fingerprint density at radius 3 is 2.43 bits per heavy atom. The van der Waals surface area contributed by atoms with Crippen molar-refractivity contribution in [2.24, 2.45) is 0 Å². The number of hydrogen-bond acceptors (Lipinski definition) is 3. The summed E-state index contributed by atoms with van der Waals surface area (Å²) in [5.74, 6) is -0.267. The lowest BCUT2D eigenvalue weighted by molar-refractivity contribution is 0.0951. The molecule has 0 heterocycles. The molecule has 0 bridgehead atoms. The predicted octanol–water partition coefficient (Wildman–Crippen LogP) is 1.26. The molecule has 0 aliphatic heterocycles. The van der Waals surface area contributed by atoms with Crippen LogP contribution >= 0.6 is 11.6 Å². The normalized spacial score (nSPS) is 10.3. The van der Waals surface area contributed by atoms with Gasteiger partial charge in [-0.1, -0.05) is 47.5 Å². The minimum absolute atomic E-state index is 0.146. The Balaban J connectivity index is 2.03. The molecule has 4 nitrogen and oxygen atoms in total. The highest BCUT2D eigenvalue weighted by atomic mass is 35.5. The van der Waals surface area contributed by atoms with E-state index < -0.39 is 7.12 Å². The van der Waals surface area contributed by atoms with Crippen molar-refractivity contribution in [2.75, 3.05) is 0 Å². The number of benzene rings is 2. The number of hydrogen-bond donors (Lipinski definition) is 3. The van der Waals surface area contributed by atoms with Crippen molar-refractivity contribution in [1.29, 1.82) is 0 Å². The van der Waals surface area contributed by atoms with E-state index in [2.05, 4.69) is 5.32 Å². The molecule has 0 saturated heterocycles. The van der Waals surface area contributed by atoms with Crippen molar-refractivity contribution in [3.63, 3.8) is 0 Å². The van der Waals surface area contributed by atoms with Gasteiger partial charge >= 0.3 is 7.12 Å². The van der Waals surface area contributed by atoms with Crippen LogP contribution in [0, 0.1) is 6.92 Å². The zero-order chi connectivity index (χ0) is 15.4. The molecule has 3 N–H and O–H groups in total. The molecule has 1 amide bonds. The van der Waals surface area contributed by atoms with E-state index >= 15 is 0 Å². The van der Waals surface area contributed by atoms with Crippen molar-refractivity contribution >= 4 is 30.1 Å². The van der Waals surface area contributed by atoms with Crippen LogP contribution in [-0.2, 0) is 6.54 Å². The maximum Gasteiger partial charge on any atom is 0.489 e. The van der Waals surface area contributed by atoms with Crippen LogP contribution < -0.4 is 10.8 Å². The maximum absolute atomic E-state index is 12.0. The summed E-state index contributed by atoms with van der Waals surface area (Å²) < 4.78 is 0. The lowest BCUT2D eigenvalue weighted by Gasteiger charge is -2.08. The quantitative estimate of drug-likeness (QED) is 0.745. The summed E-state index contributed by atoms with van der Waals surface area (Å²) in [7, 11) is -1.65. The Hall–Kier alpha value is -1.82. The number of rotatable bonds is 4. The van der Waals surface area contributed by atoms with Gasteiger partial charge in [-0.2, -0.15) is 0 Å². The largest absolute Gasteiger partial charge is 0.489 e. The monoisotopic (exact) mass is 303 g/mol. The number of nitrogens with one attached hydrogen (secondary N) is 1. The van der Waals surface area contributed by atoms with Crippen LogP contribution in [0.1, 0.15) is 21.5 Å². The van der Waals surface area contributed by atoms with Gasteiger partial charge in [-0.25, -0.2) is 0 Å². The average molecular weight is 304 g/mol. The molecule has 21 heavy (non-hydrogen) atoms. The summed E-state index contributed by atoms with van der Waals surface area (Å²) in [6, 6.07) is 12.2. The Labute approximate surface area is 128 Å². The zero-order valence-electron chi connectivity index (χ0n) is 11.5. The summed E-state index contributed by atoms with van der Waals surface area (Å²) >= 11 is 5.90. The fourth-order valence-corrected chi connectivity index (χ4v) is 2.15. The molecule has 0 aliphatic rings. The van der Waals surface area contributed by atoms with E-state index in [0.717, 1.165) is 11.1 Å². The predicted molar refractivity (Wildman–Crippen MR) is 83.6 cm³/mol. The molecular weight excluding hydrogens is 288 g/mol. The lowest BCUT2D eigenvalue weighted by Crippen LogP contribution is -2.31. The third-order valence-electron chi connectivity index (χ3n) is 3.11. The van der Waals surface area contributed by atoms with Gasteiger partial charge in [0.2, 0.25) is 0 Å². The standard InChI is InChI=1S/C15H15BClNO3/c1-10-2-4-11(5-3-10)9-18-15(19)12-6-7-13(16(20)21)14(17)8-12/h2-8,20-21H,9H2,1H3,(H,18,19). The fourth-order valence-electron chi connectivity index (χ4n) is 1.87. The number of carbonyl (C=O) groups excluding carboxylic acids is 1. The molecule has 0 aromatic heterocycles. The van der Waals surface area contributed by atoms with E-state index in [0.29, 0.717) is 12.1 Å². The molecular formula is C15H15BClNO3. The van der Waals surface area contributed by atoms with E-state index in [1.807, 2.05) is 31.2 Å². The Kier molecular flexibility index (Phi) is 5.01. The molecule has 0 atom stereocenters. The highest BCUT2D eigenvalue weighted by Crippen LogP contribution is 2.10. The van der Waals surface area contributed by atoms with Gasteiger partial charge < -0.3 is 15.4 Å². The van der Waals surface area contributed by atoms with Crippen molar-refractivity contribution in [3.8, 4) is 0 Å². The van der Waals surface area contributed by atoms with E-state index in [-0.39, 0.29) is 16.4 Å². The minimum atomic E-state index is -1.65. The van der Waals surface area contributed by atoms with Gasteiger partial charge in [0.05, 0.1) is 0 Å². The smallest absolute Gasteiger partial charge is 0.423 e. The first kappa shape index (κ1) is 15.6. The molecule has 0 unspecified atom stereocenters. The van der Waals surface area contributed by atoms with Crippen LogP contribution in [0.4, 0.5) is 0 Å². The van der Waals surface area contributed by atoms with Crippen LogP contribution in [0.25, 0.3) is 0 Å². The number of aryl methyl sites for hydroxylation is 1. The van der Waals surface area contributed by atoms with Crippen molar-refractivity contribution in [3.05, 3.63) is 64.2 Å². The van der Waals surface area contributed by atoms with Crippen molar-refractivity contribution in [2.45, 2.75) is 13.5 Å². The van der Waals surface area contributed by atoms with Crippen molar-refractivity contribution in [1.82, 2.24) is 5.32 Å². The minimum Gasteiger partial charge on any atom is -0.423 e. The van der Waals surface area contributed by atoms with E-state index in [1.165, 1.54) is 18.2 Å². The molecule has 108 valence electrons. The highest BCUT2D eigenvalue weighted by Gasteiger charge is 2.16. The molecule has 2 aromatic carbocycles. The van der Waals surface area contributed by atoms with E-state index in [1.54, 1.807) is 0 Å². The summed E-state index contributed by atoms with van der Waals surface area (Å²) in [6.45, 7) is 2.42. The second-order valence-electron chi connectivity index (χ2n) is 4.78. The molecule has 0 spiro atoms. The Morgan fingerprint density at radius 1 is 1.19 bits per heavy atom. The molecule has 2 aromatic rings. The topological polar surface area (TPSA) is 69.6 Å². The summed E-state index contributed by atoms with van der Waals surface area (Å²) in [5, 5.41) is 21.1. The van der Waals surface area contributed by atoms with Gasteiger partial charge in [-0.05, 0) is 24.6 Å². The first-order valence-corrected chi connectivity index (χ1v) is 6.84. The van der Waals surface area contributed by atoms with Crippen molar-refractivity contribution < 1.29 is 14.8 Å². The third kappa shape index (κ3) is 4.08. The van der Waals surface area contributed by atoms with Crippen LogP contribution in [-0.4, -0.2) is 23.1 Å². The van der Waals surface area contributed by atoms with Gasteiger partial charge in [0.1, 0.15) is 0 Å². The molecule has 0 saturated carbocycles. The van der Waals surface area contributed by atoms with Gasteiger partial charge in [0.25, 0.3) is 5.91 Å². The van der Waals surface area contributed by atoms with Crippen LogP contribution in [0.3, 0.4) is 0 Å². The Morgan fingerprint density at radius 2 is 1.86 bits per heavy atom. The number of halogens is 1. The van der Waals surface area contributed by atoms with Gasteiger partial charge in [-0.15, -0.1) is 0 Å². The number of amides is 1. The van der Waals surface area contributed by atoms with E-state index in [9.17, 15) is 4.79 Å². The van der Waals surface area contributed by atoms with Crippen LogP contribution in [0.5, 0.6) is 0 Å². The maximum atomic E-state index is 12.0. The average Bonchev–Trinajstić information content (AvgIpc) is 2.45. The third-order valence-corrected chi connectivity index (χ3v) is 3.44. The van der Waals surface area contributed by atoms with Gasteiger partial charge in [-0.3, -0.25) is 4.79 Å². The lowest BCUT2D eigenvalue weighted by atomic mass is 9.80. The second kappa shape index (κ2) is 6.76. The summed E-state index contributed by atoms with van der Waals surface area (Å²) in [5.41, 5.74) is 2.71. The molecule has 0 fully saturated rings. The first-order chi connectivity index (χ1) is 9.97. The second-order valence-corrected chi connectivity index (χ2v) is 5.19. The Bertz CT molecular complexity index is 644. The van der Waals surface area contributed by atoms with Gasteiger partial charge in [0, 0.05) is 22.6 Å². The SMILES string of the molecule is Cc1ccc(CNC(=O)c2ccc(B(O)O)c(Cl)c2)cc1. The van der Waals surface area contributed by atoms with Crippen LogP contribution in [0.2, 0.25) is 5.02 Å². The fraction of sp³-hybridized carbons (Fsp3) is 0.133. The van der Waals surface area contributed by atoms with Gasteiger partial charge in [0.15, 0.2) is 0 Å². The number of carbonyl (C=O) groups is 1.